The van der Waals surface area contributed by atoms with Gasteiger partial charge in [-0.05, 0) is 30.9 Å². The van der Waals surface area contributed by atoms with E-state index in [1.54, 1.807) is 6.92 Å². The molecule has 0 saturated heterocycles. The Morgan fingerprint density at radius 2 is 2.24 bits per heavy atom. The fraction of sp³-hybridized carbons (Fsp3) is 0.462. The normalized spacial score (nSPS) is 24.4. The van der Waals surface area contributed by atoms with Gasteiger partial charge in [-0.25, -0.2) is 4.79 Å². The molecule has 0 radical (unpaired) electrons. The summed E-state index contributed by atoms with van der Waals surface area (Å²) in [5, 5.41) is 21.8. The van der Waals surface area contributed by atoms with Gasteiger partial charge < -0.3 is 10.2 Å². The summed E-state index contributed by atoms with van der Waals surface area (Å²) in [5.41, 5.74) is 0.870. The Morgan fingerprint density at radius 1 is 1.53 bits per heavy atom. The molecule has 3 N–H and O–H groups in total. The molecular weight excluding hydrogens is 218 g/mol. The first-order valence-electron chi connectivity index (χ1n) is 5.81. The van der Waals surface area contributed by atoms with Crippen molar-refractivity contribution in [2.75, 3.05) is 6.54 Å². The van der Waals surface area contributed by atoms with E-state index in [9.17, 15) is 15.0 Å². The number of aliphatic hydroxyl groups excluding tert-OH is 1. The van der Waals surface area contributed by atoms with Crippen LogP contribution in [0.3, 0.4) is 0 Å². The number of aliphatic hydroxyl groups is 1. The van der Waals surface area contributed by atoms with E-state index in [-0.39, 0.29) is 6.54 Å². The van der Waals surface area contributed by atoms with Gasteiger partial charge in [0.25, 0.3) is 0 Å². The summed E-state index contributed by atoms with van der Waals surface area (Å²) in [6, 6.07) is 7.59. The molecule has 17 heavy (non-hydrogen) atoms. The van der Waals surface area contributed by atoms with Crippen molar-refractivity contribution in [3.05, 3.63) is 35.4 Å². The van der Waals surface area contributed by atoms with Crippen molar-refractivity contribution in [3.63, 3.8) is 0 Å². The smallest absolute Gasteiger partial charge is 0.328 e. The van der Waals surface area contributed by atoms with Gasteiger partial charge in [0.15, 0.2) is 0 Å². The second kappa shape index (κ2) is 4.47. The SMILES string of the molecule is CC(O)CNC1(C(=O)O)CCc2ccccc21. The maximum Gasteiger partial charge on any atom is 0.328 e. The first-order valence-corrected chi connectivity index (χ1v) is 5.81. The Hall–Kier alpha value is -1.39. The van der Waals surface area contributed by atoms with E-state index in [4.69, 9.17) is 0 Å². The summed E-state index contributed by atoms with van der Waals surface area (Å²) in [6.07, 6.45) is 0.739. The molecule has 2 atom stereocenters. The van der Waals surface area contributed by atoms with Crippen LogP contribution in [0.5, 0.6) is 0 Å². The summed E-state index contributed by atoms with van der Waals surface area (Å²) < 4.78 is 0. The van der Waals surface area contributed by atoms with E-state index >= 15 is 0 Å². The van der Waals surface area contributed by atoms with Crippen molar-refractivity contribution < 1.29 is 15.0 Å². The van der Waals surface area contributed by atoms with Gasteiger partial charge in [-0.3, -0.25) is 5.32 Å². The lowest BCUT2D eigenvalue weighted by Gasteiger charge is -2.27. The van der Waals surface area contributed by atoms with Gasteiger partial charge in [0, 0.05) is 6.54 Å². The zero-order valence-electron chi connectivity index (χ0n) is 9.81. The Bertz CT molecular complexity index is 430. The zero-order valence-corrected chi connectivity index (χ0v) is 9.81. The topological polar surface area (TPSA) is 69.6 Å². The molecule has 1 aliphatic carbocycles. The Kier molecular flexibility index (Phi) is 3.17. The van der Waals surface area contributed by atoms with E-state index in [1.165, 1.54) is 0 Å². The minimum Gasteiger partial charge on any atom is -0.480 e. The number of nitrogens with one attached hydrogen (secondary N) is 1. The lowest BCUT2D eigenvalue weighted by Crippen LogP contribution is -2.49. The minimum atomic E-state index is -1.03. The molecule has 2 rings (SSSR count). The fourth-order valence-electron chi connectivity index (χ4n) is 2.41. The first-order chi connectivity index (χ1) is 8.06. The highest BCUT2D eigenvalue weighted by Crippen LogP contribution is 2.37. The lowest BCUT2D eigenvalue weighted by atomic mass is 9.91. The number of carbonyl (C=O) groups is 1. The van der Waals surface area contributed by atoms with Gasteiger partial charge >= 0.3 is 5.97 Å². The molecular formula is C13H17NO3. The number of hydrogen-bond acceptors (Lipinski definition) is 3. The Morgan fingerprint density at radius 3 is 2.88 bits per heavy atom. The molecule has 1 aliphatic rings. The molecule has 0 amide bonds. The predicted octanol–water partition coefficient (Wildman–Crippen LogP) is 0.883. The van der Waals surface area contributed by atoms with E-state index in [1.807, 2.05) is 24.3 Å². The van der Waals surface area contributed by atoms with Gasteiger partial charge in [-0.1, -0.05) is 24.3 Å². The van der Waals surface area contributed by atoms with Crippen LogP contribution in [0.1, 0.15) is 24.5 Å². The lowest BCUT2D eigenvalue weighted by molar-refractivity contribution is -0.145. The summed E-state index contributed by atoms with van der Waals surface area (Å²) in [4.78, 5) is 11.6. The van der Waals surface area contributed by atoms with Crippen LogP contribution in [-0.2, 0) is 16.8 Å². The number of benzene rings is 1. The van der Waals surface area contributed by atoms with E-state index in [0.29, 0.717) is 6.42 Å². The number of rotatable bonds is 4. The number of fused-ring (bicyclic) bond motifs is 1. The molecule has 0 bridgehead atoms. The third-order valence-corrected chi connectivity index (χ3v) is 3.31. The van der Waals surface area contributed by atoms with E-state index in [2.05, 4.69) is 5.32 Å². The van der Waals surface area contributed by atoms with Crippen LogP contribution < -0.4 is 5.32 Å². The molecule has 4 nitrogen and oxygen atoms in total. The Labute approximate surface area is 100 Å². The molecule has 0 spiro atoms. The third kappa shape index (κ3) is 2.06. The molecule has 0 heterocycles. The number of aryl methyl sites for hydroxylation is 1. The van der Waals surface area contributed by atoms with Gasteiger partial charge in [0.1, 0.15) is 5.54 Å². The van der Waals surface area contributed by atoms with Gasteiger partial charge in [-0.15, -0.1) is 0 Å². The predicted molar refractivity (Wildman–Crippen MR) is 63.8 cm³/mol. The average molecular weight is 235 g/mol. The van der Waals surface area contributed by atoms with E-state index in [0.717, 1.165) is 17.5 Å². The number of aliphatic carboxylic acids is 1. The quantitative estimate of drug-likeness (QED) is 0.724. The second-order valence-corrected chi connectivity index (χ2v) is 4.60. The highest BCUT2D eigenvalue weighted by molar-refractivity contribution is 5.82. The number of hydrogen-bond donors (Lipinski definition) is 3. The van der Waals surface area contributed by atoms with Crippen LogP contribution in [0.2, 0.25) is 0 Å². The van der Waals surface area contributed by atoms with Crippen LogP contribution >= 0.6 is 0 Å². The summed E-state index contributed by atoms with van der Waals surface area (Å²) in [7, 11) is 0. The molecule has 0 saturated carbocycles. The number of carboxylic acid groups (broad SMARTS) is 1. The first kappa shape index (κ1) is 12.1. The molecule has 0 aromatic heterocycles. The van der Waals surface area contributed by atoms with Crippen molar-refractivity contribution in [3.8, 4) is 0 Å². The van der Waals surface area contributed by atoms with Crippen molar-refractivity contribution in [2.24, 2.45) is 0 Å². The van der Waals surface area contributed by atoms with Crippen molar-refractivity contribution in [1.29, 1.82) is 0 Å². The maximum atomic E-state index is 11.6. The molecule has 2 unspecified atom stereocenters. The van der Waals surface area contributed by atoms with Crippen molar-refractivity contribution >= 4 is 5.97 Å². The average Bonchev–Trinajstić information content (AvgIpc) is 2.67. The summed E-state index contributed by atoms with van der Waals surface area (Å²) >= 11 is 0. The van der Waals surface area contributed by atoms with Crippen LogP contribution in [0.25, 0.3) is 0 Å². The van der Waals surface area contributed by atoms with Crippen LogP contribution in [0.15, 0.2) is 24.3 Å². The zero-order chi connectivity index (χ0) is 12.5. The standard InChI is InChI=1S/C13H17NO3/c1-9(15)8-14-13(12(16)17)7-6-10-4-2-3-5-11(10)13/h2-5,9,14-15H,6-8H2,1H3,(H,16,17). The number of carboxylic acids is 1. The second-order valence-electron chi connectivity index (χ2n) is 4.60. The fourth-order valence-corrected chi connectivity index (χ4v) is 2.41. The van der Waals surface area contributed by atoms with Gasteiger partial charge in [0.2, 0.25) is 0 Å². The largest absolute Gasteiger partial charge is 0.480 e. The van der Waals surface area contributed by atoms with Gasteiger partial charge in [-0.2, -0.15) is 0 Å². The van der Waals surface area contributed by atoms with Crippen molar-refractivity contribution in [1.82, 2.24) is 5.32 Å². The highest BCUT2D eigenvalue weighted by atomic mass is 16.4. The maximum absolute atomic E-state index is 11.6. The van der Waals surface area contributed by atoms with Crippen molar-refractivity contribution in [2.45, 2.75) is 31.4 Å². The Balaban J connectivity index is 2.34. The molecule has 1 aromatic carbocycles. The molecule has 0 fully saturated rings. The molecule has 4 heteroatoms. The minimum absolute atomic E-state index is 0.278. The van der Waals surface area contributed by atoms with E-state index < -0.39 is 17.6 Å². The van der Waals surface area contributed by atoms with Crippen LogP contribution in [0, 0.1) is 0 Å². The highest BCUT2D eigenvalue weighted by Gasteiger charge is 2.45. The summed E-state index contributed by atoms with van der Waals surface area (Å²) in [5.74, 6) is -0.872. The van der Waals surface area contributed by atoms with Crippen LogP contribution in [-0.4, -0.2) is 28.8 Å². The third-order valence-electron chi connectivity index (χ3n) is 3.31. The summed E-state index contributed by atoms with van der Waals surface area (Å²) in [6.45, 7) is 1.92. The van der Waals surface area contributed by atoms with Crippen LogP contribution in [0.4, 0.5) is 0 Å². The molecule has 0 aliphatic heterocycles. The molecule has 92 valence electrons. The van der Waals surface area contributed by atoms with Gasteiger partial charge in [0.05, 0.1) is 6.10 Å². The molecule has 1 aromatic rings. The monoisotopic (exact) mass is 235 g/mol.